The van der Waals surface area contributed by atoms with Crippen molar-refractivity contribution in [1.29, 1.82) is 0 Å². The molecule has 2 aromatic carbocycles. The molecule has 0 bridgehead atoms. The monoisotopic (exact) mass is 392 g/mol. The summed E-state index contributed by atoms with van der Waals surface area (Å²) >= 11 is 0. The Morgan fingerprint density at radius 3 is 2.56 bits per heavy atom. The number of quaternary nitrogens is 1. The quantitative estimate of drug-likeness (QED) is 0.641. The van der Waals surface area contributed by atoms with E-state index in [4.69, 9.17) is 14.6 Å². The largest absolute Gasteiger partial charge is 0.486 e. The second-order valence-electron chi connectivity index (χ2n) is 6.32. The van der Waals surface area contributed by atoms with Crippen LogP contribution in [-0.2, 0) is 14.8 Å². The Hall–Kier alpha value is -2.62. The number of para-hydroxylation sites is 2. The van der Waals surface area contributed by atoms with Gasteiger partial charge in [0.15, 0.2) is 23.6 Å². The molecule has 27 heavy (non-hydrogen) atoms. The van der Waals surface area contributed by atoms with Gasteiger partial charge in [0.25, 0.3) is 5.91 Å². The zero-order chi connectivity index (χ0) is 19.4. The van der Waals surface area contributed by atoms with Gasteiger partial charge in [-0.05, 0) is 43.3 Å². The van der Waals surface area contributed by atoms with Crippen LogP contribution >= 0.6 is 0 Å². The average molecular weight is 392 g/mol. The van der Waals surface area contributed by atoms with Crippen molar-refractivity contribution in [3.63, 3.8) is 0 Å². The van der Waals surface area contributed by atoms with Crippen LogP contribution in [0, 0.1) is 0 Å². The number of nitrogens with two attached hydrogens (primary N) is 2. The highest BCUT2D eigenvalue weighted by molar-refractivity contribution is 7.89. The van der Waals surface area contributed by atoms with Crippen molar-refractivity contribution in [2.24, 2.45) is 5.14 Å². The van der Waals surface area contributed by atoms with Crippen LogP contribution in [0.3, 0.4) is 0 Å². The maximum absolute atomic E-state index is 12.3. The lowest BCUT2D eigenvalue weighted by Gasteiger charge is -2.26. The number of ether oxygens (including phenoxy) is 2. The number of sulfonamides is 1. The molecule has 1 heterocycles. The standard InChI is InChI=1S/C18H21N3O5S/c1-12(18(22)21-13-6-8-15(9-7-13)27(19,23)24)20-10-14-11-25-16-4-2-3-5-17(16)26-14/h2-9,12,14,20H,10-11H2,1H3,(H,21,22)(H2,19,23,24)/p+1/t12-,14+/m1/s1. The van der Waals surface area contributed by atoms with Gasteiger partial charge in [0, 0.05) is 5.69 Å². The van der Waals surface area contributed by atoms with Gasteiger partial charge < -0.3 is 20.1 Å². The van der Waals surface area contributed by atoms with Crippen LogP contribution in [0.4, 0.5) is 5.69 Å². The Morgan fingerprint density at radius 2 is 1.89 bits per heavy atom. The topological polar surface area (TPSA) is 124 Å². The Bertz CT molecular complexity index is 915. The minimum absolute atomic E-state index is 0.00478. The molecule has 1 aliphatic rings. The summed E-state index contributed by atoms with van der Waals surface area (Å²) in [5.74, 6) is 1.23. The third kappa shape index (κ3) is 4.97. The predicted molar refractivity (Wildman–Crippen MR) is 99.1 cm³/mol. The summed E-state index contributed by atoms with van der Waals surface area (Å²) in [6, 6.07) is 12.8. The molecule has 2 atom stereocenters. The van der Waals surface area contributed by atoms with Crippen molar-refractivity contribution in [3.05, 3.63) is 48.5 Å². The van der Waals surface area contributed by atoms with Gasteiger partial charge in [-0.1, -0.05) is 12.1 Å². The van der Waals surface area contributed by atoms with Crippen LogP contribution in [0.25, 0.3) is 0 Å². The number of hydrogen-bond donors (Lipinski definition) is 3. The highest BCUT2D eigenvalue weighted by Gasteiger charge is 2.24. The van der Waals surface area contributed by atoms with Crippen molar-refractivity contribution in [1.82, 2.24) is 0 Å². The molecule has 0 fully saturated rings. The van der Waals surface area contributed by atoms with Crippen molar-refractivity contribution in [2.75, 3.05) is 18.5 Å². The number of anilines is 1. The average Bonchev–Trinajstić information content (AvgIpc) is 2.65. The van der Waals surface area contributed by atoms with Gasteiger partial charge in [0.05, 0.1) is 4.90 Å². The number of hydrogen-bond acceptors (Lipinski definition) is 5. The Morgan fingerprint density at radius 1 is 1.22 bits per heavy atom. The summed E-state index contributed by atoms with van der Waals surface area (Å²) < 4.78 is 34.0. The zero-order valence-corrected chi connectivity index (χ0v) is 15.6. The number of primary sulfonamides is 1. The summed E-state index contributed by atoms with van der Waals surface area (Å²) in [5, 5.41) is 9.67. The molecule has 9 heteroatoms. The highest BCUT2D eigenvalue weighted by Crippen LogP contribution is 2.30. The van der Waals surface area contributed by atoms with Crippen LogP contribution in [-0.4, -0.2) is 39.6 Å². The Kier molecular flexibility index (Phi) is 5.64. The molecular formula is C18H22N3O5S+. The van der Waals surface area contributed by atoms with E-state index in [1.807, 2.05) is 29.6 Å². The Balaban J connectivity index is 1.50. The van der Waals surface area contributed by atoms with Gasteiger partial charge in [0.2, 0.25) is 10.0 Å². The number of fused-ring (bicyclic) bond motifs is 1. The van der Waals surface area contributed by atoms with Gasteiger partial charge in [-0.2, -0.15) is 0 Å². The molecule has 144 valence electrons. The van der Waals surface area contributed by atoms with Crippen LogP contribution in [0.2, 0.25) is 0 Å². The van der Waals surface area contributed by atoms with Crippen LogP contribution < -0.4 is 25.2 Å². The summed E-state index contributed by atoms with van der Waals surface area (Å²) in [5.41, 5.74) is 0.499. The van der Waals surface area contributed by atoms with E-state index in [9.17, 15) is 13.2 Å². The molecule has 1 aliphatic heterocycles. The molecule has 8 nitrogen and oxygen atoms in total. The first-order chi connectivity index (χ1) is 12.8. The first kappa shape index (κ1) is 19.2. The second-order valence-corrected chi connectivity index (χ2v) is 7.88. The molecular weight excluding hydrogens is 370 g/mol. The summed E-state index contributed by atoms with van der Waals surface area (Å²) in [7, 11) is -3.75. The molecule has 3 rings (SSSR count). The lowest BCUT2D eigenvalue weighted by atomic mass is 10.2. The fourth-order valence-electron chi connectivity index (χ4n) is 2.63. The first-order valence-corrected chi connectivity index (χ1v) is 10.0. The summed E-state index contributed by atoms with van der Waals surface area (Å²) in [6.45, 7) is 2.77. The Labute approximate surface area is 157 Å². The van der Waals surface area contributed by atoms with Crippen LogP contribution in [0.5, 0.6) is 11.5 Å². The van der Waals surface area contributed by atoms with E-state index >= 15 is 0 Å². The molecule has 0 radical (unpaired) electrons. The highest BCUT2D eigenvalue weighted by atomic mass is 32.2. The third-order valence-corrected chi connectivity index (χ3v) is 5.11. The molecule has 0 aromatic heterocycles. The SMILES string of the molecule is C[C@@H]([NH2+]C[C@H]1COc2ccccc2O1)C(=O)Nc1ccc(S(N)(=O)=O)cc1. The van der Waals surface area contributed by atoms with E-state index in [-0.39, 0.29) is 22.9 Å². The maximum Gasteiger partial charge on any atom is 0.282 e. The van der Waals surface area contributed by atoms with Crippen LogP contribution in [0.1, 0.15) is 6.92 Å². The summed E-state index contributed by atoms with van der Waals surface area (Å²) in [4.78, 5) is 12.3. The molecule has 5 N–H and O–H groups in total. The van der Waals surface area contributed by atoms with Crippen molar-refractivity contribution in [3.8, 4) is 11.5 Å². The zero-order valence-electron chi connectivity index (χ0n) is 14.8. The van der Waals surface area contributed by atoms with E-state index in [1.54, 1.807) is 6.92 Å². The van der Waals surface area contributed by atoms with Crippen molar-refractivity contribution >= 4 is 21.6 Å². The fraction of sp³-hybridized carbons (Fsp3) is 0.278. The van der Waals surface area contributed by atoms with E-state index in [1.165, 1.54) is 24.3 Å². The molecule has 1 amide bonds. The van der Waals surface area contributed by atoms with E-state index < -0.39 is 10.0 Å². The number of amides is 1. The second kappa shape index (κ2) is 7.95. The smallest absolute Gasteiger partial charge is 0.282 e. The molecule has 0 aliphatic carbocycles. The molecule has 0 spiro atoms. The first-order valence-electron chi connectivity index (χ1n) is 8.48. The molecule has 2 aromatic rings. The van der Waals surface area contributed by atoms with Crippen LogP contribution in [0.15, 0.2) is 53.4 Å². The number of carbonyl (C=O) groups excluding carboxylic acids is 1. The maximum atomic E-state index is 12.3. The van der Waals surface area contributed by atoms with Crippen molar-refractivity contribution in [2.45, 2.75) is 24.0 Å². The minimum Gasteiger partial charge on any atom is -0.486 e. The van der Waals surface area contributed by atoms with E-state index in [0.717, 1.165) is 5.75 Å². The molecule has 0 saturated heterocycles. The third-order valence-electron chi connectivity index (χ3n) is 4.18. The molecule has 0 unspecified atom stereocenters. The number of benzene rings is 2. The fourth-order valence-corrected chi connectivity index (χ4v) is 3.14. The van der Waals surface area contributed by atoms with E-state index in [0.29, 0.717) is 24.6 Å². The number of nitrogens with one attached hydrogen (secondary N) is 1. The number of rotatable bonds is 6. The molecule has 0 saturated carbocycles. The predicted octanol–water partition coefficient (Wildman–Crippen LogP) is 0.0644. The number of carbonyl (C=O) groups is 1. The van der Waals surface area contributed by atoms with Gasteiger partial charge in [0.1, 0.15) is 13.2 Å². The summed E-state index contributed by atoms with van der Waals surface area (Å²) in [6.07, 6.45) is -0.149. The normalized spacial score (nSPS) is 17.2. The van der Waals surface area contributed by atoms with Gasteiger partial charge in [-0.3, -0.25) is 4.79 Å². The van der Waals surface area contributed by atoms with Gasteiger partial charge in [-0.15, -0.1) is 0 Å². The van der Waals surface area contributed by atoms with Gasteiger partial charge >= 0.3 is 0 Å². The van der Waals surface area contributed by atoms with Crippen molar-refractivity contribution < 1.29 is 28.0 Å². The van der Waals surface area contributed by atoms with Gasteiger partial charge in [-0.25, -0.2) is 13.6 Å². The van der Waals surface area contributed by atoms with E-state index in [2.05, 4.69) is 5.32 Å². The lowest BCUT2D eigenvalue weighted by Crippen LogP contribution is -2.93. The minimum atomic E-state index is -3.75. The lowest BCUT2D eigenvalue weighted by molar-refractivity contribution is -0.678.